The number of rotatable bonds is 3. The molecule has 3 rings (SSSR count). The topological polar surface area (TPSA) is 51.0 Å². The van der Waals surface area contributed by atoms with Crippen molar-refractivity contribution in [2.75, 3.05) is 13.1 Å². The monoisotopic (exact) mass is 243 g/mol. The third-order valence-corrected chi connectivity index (χ3v) is 3.55. The molecule has 0 saturated carbocycles. The van der Waals surface area contributed by atoms with Crippen molar-refractivity contribution in [2.24, 2.45) is 0 Å². The molecule has 1 N–H and O–H groups in total. The Kier molecular flexibility index (Phi) is 2.88. The van der Waals surface area contributed by atoms with E-state index in [1.807, 2.05) is 0 Å². The molecule has 4 nitrogen and oxygen atoms in total. The van der Waals surface area contributed by atoms with Gasteiger partial charge < -0.3 is 9.84 Å². The van der Waals surface area contributed by atoms with Gasteiger partial charge in [-0.05, 0) is 30.5 Å². The van der Waals surface area contributed by atoms with E-state index in [2.05, 4.69) is 47.5 Å². The SMILES string of the molecule is Cc1ccc(Cc2noc(C3CNC3)n2)cc1C. The highest BCUT2D eigenvalue weighted by atomic mass is 16.5. The Hall–Kier alpha value is -1.68. The van der Waals surface area contributed by atoms with Crippen molar-refractivity contribution in [1.82, 2.24) is 15.5 Å². The summed E-state index contributed by atoms with van der Waals surface area (Å²) in [7, 11) is 0. The van der Waals surface area contributed by atoms with Gasteiger partial charge in [0.25, 0.3) is 0 Å². The highest BCUT2D eigenvalue weighted by molar-refractivity contribution is 5.31. The Balaban J connectivity index is 1.75. The lowest BCUT2D eigenvalue weighted by atomic mass is 10.0. The minimum absolute atomic E-state index is 0.408. The Morgan fingerprint density at radius 3 is 2.78 bits per heavy atom. The van der Waals surface area contributed by atoms with Crippen LogP contribution >= 0.6 is 0 Å². The molecule has 0 radical (unpaired) electrons. The van der Waals surface area contributed by atoms with E-state index in [1.165, 1.54) is 16.7 Å². The maximum atomic E-state index is 5.29. The van der Waals surface area contributed by atoms with E-state index < -0.39 is 0 Å². The van der Waals surface area contributed by atoms with E-state index in [4.69, 9.17) is 4.52 Å². The van der Waals surface area contributed by atoms with Crippen LogP contribution in [0.5, 0.6) is 0 Å². The van der Waals surface area contributed by atoms with Gasteiger partial charge in [-0.2, -0.15) is 4.98 Å². The Labute approximate surface area is 106 Å². The summed E-state index contributed by atoms with van der Waals surface area (Å²) in [4.78, 5) is 4.46. The second kappa shape index (κ2) is 4.53. The average molecular weight is 243 g/mol. The van der Waals surface area contributed by atoms with Crippen LogP contribution in [0.15, 0.2) is 22.7 Å². The third kappa shape index (κ3) is 2.16. The molecule has 0 spiro atoms. The maximum Gasteiger partial charge on any atom is 0.232 e. The van der Waals surface area contributed by atoms with Gasteiger partial charge in [-0.25, -0.2) is 0 Å². The molecular formula is C14H17N3O. The van der Waals surface area contributed by atoms with Gasteiger partial charge in [0.15, 0.2) is 5.82 Å². The zero-order valence-electron chi connectivity index (χ0n) is 10.7. The predicted molar refractivity (Wildman–Crippen MR) is 68.6 cm³/mol. The second-order valence-corrected chi connectivity index (χ2v) is 5.00. The molecule has 0 amide bonds. The van der Waals surface area contributed by atoms with Crippen molar-refractivity contribution in [3.05, 3.63) is 46.6 Å². The molecule has 1 aliphatic rings. The van der Waals surface area contributed by atoms with Crippen molar-refractivity contribution in [3.63, 3.8) is 0 Å². The van der Waals surface area contributed by atoms with Crippen molar-refractivity contribution in [1.29, 1.82) is 0 Å². The molecular weight excluding hydrogens is 226 g/mol. The van der Waals surface area contributed by atoms with Gasteiger partial charge in [0.2, 0.25) is 5.89 Å². The Bertz CT molecular complexity index is 558. The third-order valence-electron chi connectivity index (χ3n) is 3.55. The largest absolute Gasteiger partial charge is 0.339 e. The maximum absolute atomic E-state index is 5.29. The summed E-state index contributed by atoms with van der Waals surface area (Å²) in [5, 5.41) is 7.26. The van der Waals surface area contributed by atoms with E-state index in [0.29, 0.717) is 5.92 Å². The van der Waals surface area contributed by atoms with E-state index in [1.54, 1.807) is 0 Å². The number of nitrogens with zero attached hydrogens (tertiary/aromatic N) is 2. The van der Waals surface area contributed by atoms with Gasteiger partial charge in [0.05, 0.1) is 5.92 Å². The molecule has 0 atom stereocenters. The number of aromatic nitrogens is 2. The quantitative estimate of drug-likeness (QED) is 0.895. The fourth-order valence-corrected chi connectivity index (χ4v) is 2.06. The van der Waals surface area contributed by atoms with Gasteiger partial charge in [-0.1, -0.05) is 23.4 Å². The molecule has 4 heteroatoms. The zero-order valence-corrected chi connectivity index (χ0v) is 10.7. The van der Waals surface area contributed by atoms with Crippen molar-refractivity contribution >= 4 is 0 Å². The van der Waals surface area contributed by atoms with Crippen molar-refractivity contribution in [3.8, 4) is 0 Å². The minimum atomic E-state index is 0.408. The summed E-state index contributed by atoms with van der Waals surface area (Å²) in [6.07, 6.45) is 0.741. The van der Waals surface area contributed by atoms with Gasteiger partial charge in [0.1, 0.15) is 0 Å². The molecule has 1 aliphatic heterocycles. The first-order chi connectivity index (χ1) is 8.72. The zero-order chi connectivity index (χ0) is 12.5. The minimum Gasteiger partial charge on any atom is -0.339 e. The van der Waals surface area contributed by atoms with Crippen LogP contribution < -0.4 is 5.32 Å². The highest BCUT2D eigenvalue weighted by Gasteiger charge is 2.24. The molecule has 2 heterocycles. The first-order valence-corrected chi connectivity index (χ1v) is 6.31. The Morgan fingerprint density at radius 1 is 1.28 bits per heavy atom. The number of hydrogen-bond acceptors (Lipinski definition) is 4. The summed E-state index contributed by atoms with van der Waals surface area (Å²) in [6.45, 7) is 6.15. The fraction of sp³-hybridized carbons (Fsp3) is 0.429. The van der Waals surface area contributed by atoms with Crippen LogP contribution in [0.4, 0.5) is 0 Å². The molecule has 2 aromatic rings. The standard InChI is InChI=1S/C14H17N3O/c1-9-3-4-11(5-10(9)2)6-13-16-14(18-17-13)12-7-15-8-12/h3-5,12,15H,6-8H2,1-2H3. The number of nitrogens with one attached hydrogen (secondary N) is 1. The van der Waals surface area contributed by atoms with Gasteiger partial charge in [-0.3, -0.25) is 0 Å². The lowest BCUT2D eigenvalue weighted by molar-refractivity contribution is 0.306. The van der Waals surface area contributed by atoms with Crippen molar-refractivity contribution < 1.29 is 4.52 Å². The summed E-state index contributed by atoms with van der Waals surface area (Å²) >= 11 is 0. The van der Waals surface area contributed by atoms with Crippen LogP contribution in [0.1, 0.15) is 34.3 Å². The highest BCUT2D eigenvalue weighted by Crippen LogP contribution is 2.19. The number of hydrogen-bond donors (Lipinski definition) is 1. The molecule has 94 valence electrons. The molecule has 1 saturated heterocycles. The van der Waals surface area contributed by atoms with Gasteiger partial charge in [-0.15, -0.1) is 0 Å². The van der Waals surface area contributed by atoms with Crippen LogP contribution in [-0.2, 0) is 6.42 Å². The smallest absolute Gasteiger partial charge is 0.232 e. The van der Waals surface area contributed by atoms with Crippen LogP contribution in [0.25, 0.3) is 0 Å². The lowest BCUT2D eigenvalue weighted by Crippen LogP contribution is -2.40. The lowest BCUT2D eigenvalue weighted by Gasteiger charge is -2.22. The molecule has 1 fully saturated rings. The van der Waals surface area contributed by atoms with E-state index in [-0.39, 0.29) is 0 Å². The van der Waals surface area contributed by atoms with E-state index >= 15 is 0 Å². The first kappa shape index (κ1) is 11.4. The van der Waals surface area contributed by atoms with Crippen LogP contribution in [0.2, 0.25) is 0 Å². The summed E-state index contributed by atoms with van der Waals surface area (Å²) in [6, 6.07) is 6.46. The summed E-state index contributed by atoms with van der Waals surface area (Å²) < 4.78 is 5.29. The fourth-order valence-electron chi connectivity index (χ4n) is 2.06. The normalized spacial score (nSPS) is 15.7. The molecule has 0 aliphatic carbocycles. The van der Waals surface area contributed by atoms with Crippen LogP contribution in [-0.4, -0.2) is 23.2 Å². The van der Waals surface area contributed by atoms with Crippen LogP contribution in [0.3, 0.4) is 0 Å². The summed E-state index contributed by atoms with van der Waals surface area (Å²) in [5.41, 5.74) is 3.85. The predicted octanol–water partition coefficient (Wildman–Crippen LogP) is 1.96. The number of aryl methyl sites for hydroxylation is 2. The van der Waals surface area contributed by atoms with Crippen molar-refractivity contribution in [2.45, 2.75) is 26.2 Å². The van der Waals surface area contributed by atoms with E-state index in [0.717, 1.165) is 31.2 Å². The molecule has 0 bridgehead atoms. The Morgan fingerprint density at radius 2 is 2.11 bits per heavy atom. The molecule has 1 aromatic heterocycles. The van der Waals surface area contributed by atoms with Gasteiger partial charge >= 0.3 is 0 Å². The van der Waals surface area contributed by atoms with Gasteiger partial charge in [0, 0.05) is 19.5 Å². The molecule has 1 aromatic carbocycles. The average Bonchev–Trinajstić information content (AvgIpc) is 2.69. The molecule has 18 heavy (non-hydrogen) atoms. The second-order valence-electron chi connectivity index (χ2n) is 5.00. The first-order valence-electron chi connectivity index (χ1n) is 6.31. The number of benzene rings is 1. The van der Waals surface area contributed by atoms with E-state index in [9.17, 15) is 0 Å². The van der Waals surface area contributed by atoms with Crippen LogP contribution in [0, 0.1) is 13.8 Å². The summed E-state index contributed by atoms with van der Waals surface area (Å²) in [5.74, 6) is 1.96. The molecule has 0 unspecified atom stereocenters.